The number of benzene rings is 2. The summed E-state index contributed by atoms with van der Waals surface area (Å²) in [5.41, 5.74) is 5.63. The number of aryl methyl sites for hydroxylation is 2. The van der Waals surface area contributed by atoms with E-state index in [4.69, 9.17) is 0 Å². The van der Waals surface area contributed by atoms with Gasteiger partial charge in [-0.3, -0.25) is 4.79 Å². The van der Waals surface area contributed by atoms with E-state index >= 15 is 0 Å². The molecule has 2 aromatic rings. The molecule has 0 unspecified atom stereocenters. The molecule has 0 radical (unpaired) electrons. The fourth-order valence-electron chi connectivity index (χ4n) is 2.20. The molecule has 0 aromatic heterocycles. The molecule has 0 aliphatic rings. The molecule has 0 saturated carbocycles. The van der Waals surface area contributed by atoms with Gasteiger partial charge in [0.15, 0.2) is 5.78 Å². The molecule has 1 heteroatoms. The minimum Gasteiger partial charge on any atom is -0.294 e. The number of carbonyl (C=O) groups excluding carboxylic acids is 1. The lowest BCUT2D eigenvalue weighted by Crippen LogP contribution is -1.96. The number of rotatable bonds is 3. The molecule has 0 aliphatic heterocycles. The Hall–Kier alpha value is -1.89. The molecule has 0 fully saturated rings. The highest BCUT2D eigenvalue weighted by atomic mass is 16.1. The molecule has 0 saturated heterocycles. The topological polar surface area (TPSA) is 17.1 Å². The van der Waals surface area contributed by atoms with Crippen molar-refractivity contribution in [3.05, 3.63) is 59.2 Å². The number of Topliss-reactive ketones (excluding diaryl/α,β-unsaturated/α-hetero) is 1. The van der Waals surface area contributed by atoms with Crippen LogP contribution >= 0.6 is 0 Å². The summed E-state index contributed by atoms with van der Waals surface area (Å²) in [7, 11) is 0. The first kappa shape index (κ1) is 12.6. The van der Waals surface area contributed by atoms with Crippen LogP contribution in [0.4, 0.5) is 0 Å². The van der Waals surface area contributed by atoms with Gasteiger partial charge in [0.25, 0.3) is 0 Å². The maximum absolute atomic E-state index is 11.7. The summed E-state index contributed by atoms with van der Waals surface area (Å²) in [5.74, 6) is 0.196. The maximum Gasteiger partial charge on any atom is 0.162 e. The van der Waals surface area contributed by atoms with Crippen molar-refractivity contribution in [1.82, 2.24) is 0 Å². The fourth-order valence-corrected chi connectivity index (χ4v) is 2.20. The maximum atomic E-state index is 11.7. The van der Waals surface area contributed by atoms with Crippen molar-refractivity contribution >= 4 is 5.78 Å². The summed E-state index contributed by atoms with van der Waals surface area (Å²) in [6, 6.07) is 14.3. The van der Waals surface area contributed by atoms with Crippen LogP contribution in [-0.2, 0) is 0 Å². The van der Waals surface area contributed by atoms with E-state index in [-0.39, 0.29) is 5.78 Å². The Labute approximate surface area is 108 Å². The number of hydrogen-bond donors (Lipinski definition) is 0. The third kappa shape index (κ3) is 2.51. The molecule has 2 aromatic carbocycles. The molecule has 0 amide bonds. The van der Waals surface area contributed by atoms with Crippen LogP contribution in [-0.4, -0.2) is 5.78 Å². The highest BCUT2D eigenvalue weighted by Gasteiger charge is 2.06. The highest BCUT2D eigenvalue weighted by molar-refractivity contribution is 5.97. The van der Waals surface area contributed by atoms with Gasteiger partial charge in [-0.2, -0.15) is 0 Å². The zero-order valence-electron chi connectivity index (χ0n) is 11.2. The predicted octanol–water partition coefficient (Wildman–Crippen LogP) is 4.56. The Bertz CT molecular complexity index is 582. The molecule has 0 spiro atoms. The molecule has 0 bridgehead atoms. The normalized spacial score (nSPS) is 10.4. The second-order valence-corrected chi connectivity index (χ2v) is 4.68. The Balaban J connectivity index is 2.48. The van der Waals surface area contributed by atoms with E-state index in [2.05, 4.69) is 38.1 Å². The van der Waals surface area contributed by atoms with Crippen LogP contribution in [0.25, 0.3) is 11.1 Å². The zero-order chi connectivity index (χ0) is 13.1. The Morgan fingerprint density at radius 3 is 2.50 bits per heavy atom. The van der Waals surface area contributed by atoms with Crippen molar-refractivity contribution in [3.8, 4) is 11.1 Å². The van der Waals surface area contributed by atoms with Crippen molar-refractivity contribution in [2.45, 2.75) is 27.2 Å². The van der Waals surface area contributed by atoms with Crippen molar-refractivity contribution < 1.29 is 4.79 Å². The molecular formula is C17H18O. The Morgan fingerprint density at radius 2 is 1.83 bits per heavy atom. The average molecular weight is 238 g/mol. The summed E-state index contributed by atoms with van der Waals surface area (Å²) in [4.78, 5) is 11.7. The Kier molecular flexibility index (Phi) is 3.61. The van der Waals surface area contributed by atoms with Gasteiger partial charge in [0.2, 0.25) is 0 Å². The molecule has 0 atom stereocenters. The summed E-state index contributed by atoms with van der Waals surface area (Å²) in [6.07, 6.45) is 0.552. The van der Waals surface area contributed by atoms with Gasteiger partial charge in [0.05, 0.1) is 0 Å². The average Bonchev–Trinajstić information content (AvgIpc) is 2.38. The second-order valence-electron chi connectivity index (χ2n) is 4.68. The summed E-state index contributed by atoms with van der Waals surface area (Å²) in [6.45, 7) is 6.09. The van der Waals surface area contributed by atoms with Gasteiger partial charge in [-0.15, -0.1) is 0 Å². The largest absolute Gasteiger partial charge is 0.294 e. The molecule has 1 nitrogen and oxygen atoms in total. The van der Waals surface area contributed by atoms with Crippen LogP contribution in [0.1, 0.15) is 34.8 Å². The van der Waals surface area contributed by atoms with Crippen molar-refractivity contribution in [3.63, 3.8) is 0 Å². The molecule has 92 valence electrons. The van der Waals surface area contributed by atoms with Crippen LogP contribution in [0, 0.1) is 13.8 Å². The predicted molar refractivity (Wildman–Crippen MR) is 76.0 cm³/mol. The van der Waals surface area contributed by atoms with Crippen LogP contribution in [0.5, 0.6) is 0 Å². The van der Waals surface area contributed by atoms with Gasteiger partial charge in [0.1, 0.15) is 0 Å². The van der Waals surface area contributed by atoms with Crippen LogP contribution in [0.2, 0.25) is 0 Å². The quantitative estimate of drug-likeness (QED) is 0.716. The Morgan fingerprint density at radius 1 is 1.06 bits per heavy atom. The molecule has 0 aliphatic carbocycles. The molecule has 2 rings (SSSR count). The van der Waals surface area contributed by atoms with E-state index in [0.29, 0.717) is 6.42 Å². The smallest absolute Gasteiger partial charge is 0.162 e. The van der Waals surface area contributed by atoms with E-state index in [1.54, 1.807) is 0 Å². The minimum atomic E-state index is 0.196. The number of ketones is 1. The first-order valence-corrected chi connectivity index (χ1v) is 6.32. The third-order valence-corrected chi connectivity index (χ3v) is 3.20. The van der Waals surface area contributed by atoms with Crippen LogP contribution in [0.15, 0.2) is 42.5 Å². The number of hydrogen-bond acceptors (Lipinski definition) is 1. The lowest BCUT2D eigenvalue weighted by molar-refractivity contribution is 0.0988. The fraction of sp³-hybridized carbons (Fsp3) is 0.235. The third-order valence-electron chi connectivity index (χ3n) is 3.20. The molecule has 18 heavy (non-hydrogen) atoms. The first-order chi connectivity index (χ1) is 8.61. The van der Waals surface area contributed by atoms with Gasteiger partial charge in [-0.05, 0) is 36.6 Å². The van der Waals surface area contributed by atoms with Crippen molar-refractivity contribution in [2.75, 3.05) is 0 Å². The molecule has 0 N–H and O–H groups in total. The molecule has 0 heterocycles. The zero-order valence-corrected chi connectivity index (χ0v) is 11.2. The SMILES string of the molecule is CCC(=O)c1cccc(-c2ccc(C)cc2C)c1. The van der Waals surface area contributed by atoms with Gasteiger partial charge in [-0.25, -0.2) is 0 Å². The summed E-state index contributed by atoms with van der Waals surface area (Å²) in [5, 5.41) is 0. The van der Waals surface area contributed by atoms with Crippen LogP contribution in [0.3, 0.4) is 0 Å². The summed E-state index contributed by atoms with van der Waals surface area (Å²) < 4.78 is 0. The van der Waals surface area contributed by atoms with E-state index in [1.165, 1.54) is 16.7 Å². The van der Waals surface area contributed by atoms with E-state index in [1.807, 2.05) is 25.1 Å². The monoisotopic (exact) mass is 238 g/mol. The van der Waals surface area contributed by atoms with Crippen molar-refractivity contribution in [2.24, 2.45) is 0 Å². The highest BCUT2D eigenvalue weighted by Crippen LogP contribution is 2.25. The van der Waals surface area contributed by atoms with Gasteiger partial charge in [-0.1, -0.05) is 48.9 Å². The van der Waals surface area contributed by atoms with Crippen LogP contribution < -0.4 is 0 Å². The van der Waals surface area contributed by atoms with Gasteiger partial charge in [0, 0.05) is 12.0 Å². The molecular weight excluding hydrogens is 220 g/mol. The van der Waals surface area contributed by atoms with Crippen molar-refractivity contribution in [1.29, 1.82) is 0 Å². The van der Waals surface area contributed by atoms with E-state index in [9.17, 15) is 4.79 Å². The van der Waals surface area contributed by atoms with E-state index < -0.39 is 0 Å². The second kappa shape index (κ2) is 5.18. The lowest BCUT2D eigenvalue weighted by atomic mass is 9.96. The standard InChI is InChI=1S/C17H18O/c1-4-17(18)15-7-5-6-14(11-15)16-9-8-12(2)10-13(16)3/h5-11H,4H2,1-3H3. The van der Waals surface area contributed by atoms with Gasteiger partial charge < -0.3 is 0 Å². The minimum absolute atomic E-state index is 0.196. The first-order valence-electron chi connectivity index (χ1n) is 6.32. The van der Waals surface area contributed by atoms with E-state index in [0.717, 1.165) is 11.1 Å². The number of carbonyl (C=O) groups is 1. The summed E-state index contributed by atoms with van der Waals surface area (Å²) >= 11 is 0. The van der Waals surface area contributed by atoms with Gasteiger partial charge >= 0.3 is 0 Å². The lowest BCUT2D eigenvalue weighted by Gasteiger charge is -2.08.